The lowest BCUT2D eigenvalue weighted by Crippen LogP contribution is -2.18. The number of nitrogens with two attached hydrogens (primary N) is 1. The normalized spacial score (nSPS) is 11.1. The van der Waals surface area contributed by atoms with Gasteiger partial charge < -0.3 is 20.3 Å². The number of nitrogens with one attached hydrogen (secondary N) is 2. The number of aromatic amines is 1. The average molecular weight is 550 g/mol. The molecular weight excluding hydrogens is 521 g/mol. The molecule has 13 heteroatoms. The van der Waals surface area contributed by atoms with Gasteiger partial charge in [0.05, 0.1) is 13.0 Å². The number of nitrogens with zero attached hydrogens (tertiary/aromatic N) is 4. The van der Waals surface area contributed by atoms with Crippen LogP contribution in [0.5, 0.6) is 11.5 Å². The van der Waals surface area contributed by atoms with Gasteiger partial charge in [-0.3, -0.25) is 15.2 Å². The summed E-state index contributed by atoms with van der Waals surface area (Å²) in [5.74, 6) is -1.34. The van der Waals surface area contributed by atoms with Gasteiger partial charge in [0, 0.05) is 36.5 Å². The van der Waals surface area contributed by atoms with Crippen LogP contribution in [0, 0.1) is 11.2 Å². The standard InChI is InChI=1S/C25H24FN7O3.C2H4O2/c1-3-11-36-21-13-17(19(26)14-20(21)35-2)18(12-15-5-7-16(8-6-15)22(27)28)23-31-25(34)33(32-23)24-29-9-4-10-30-24;1-2(3)4/h3-10,13-14,18H,1,11-12H2,2H3,(H3,27,28)(H,31,32,34);1H3,(H,3,4). The van der Waals surface area contributed by atoms with Crippen LogP contribution in [-0.2, 0) is 11.2 Å². The molecule has 0 bridgehead atoms. The van der Waals surface area contributed by atoms with Crippen LogP contribution >= 0.6 is 0 Å². The fourth-order valence-electron chi connectivity index (χ4n) is 3.68. The Hall–Kier alpha value is -5.33. The zero-order chi connectivity index (χ0) is 29.2. The van der Waals surface area contributed by atoms with Crippen molar-refractivity contribution >= 4 is 11.8 Å². The van der Waals surface area contributed by atoms with E-state index in [4.69, 9.17) is 30.5 Å². The molecule has 4 rings (SSSR count). The number of hydrogen-bond acceptors (Lipinski definition) is 8. The van der Waals surface area contributed by atoms with Crippen LogP contribution in [0.2, 0.25) is 0 Å². The highest BCUT2D eigenvalue weighted by molar-refractivity contribution is 5.94. The number of aliphatic carboxylic acids is 1. The van der Waals surface area contributed by atoms with E-state index in [1.165, 1.54) is 31.6 Å². The van der Waals surface area contributed by atoms with Crippen molar-refractivity contribution in [2.45, 2.75) is 19.3 Å². The van der Waals surface area contributed by atoms with E-state index in [0.29, 0.717) is 11.3 Å². The largest absolute Gasteiger partial charge is 0.493 e. The molecule has 40 heavy (non-hydrogen) atoms. The molecule has 0 aliphatic heterocycles. The molecule has 2 heterocycles. The predicted octanol–water partition coefficient (Wildman–Crippen LogP) is 2.81. The minimum atomic E-state index is -0.833. The first kappa shape index (κ1) is 29.2. The molecule has 0 saturated carbocycles. The fraction of sp³-hybridized carbons (Fsp3) is 0.185. The molecule has 2 aromatic carbocycles. The number of halogens is 1. The number of H-pyrrole nitrogens is 1. The predicted molar refractivity (Wildman–Crippen MR) is 145 cm³/mol. The van der Waals surface area contributed by atoms with Crippen LogP contribution in [-0.4, -0.2) is 55.4 Å². The van der Waals surface area contributed by atoms with Gasteiger partial charge in [-0.15, -0.1) is 9.78 Å². The van der Waals surface area contributed by atoms with Crippen molar-refractivity contribution in [3.8, 4) is 17.4 Å². The number of hydrogen-bond donors (Lipinski definition) is 4. The molecule has 5 N–H and O–H groups in total. The number of amidine groups is 1. The van der Waals surface area contributed by atoms with E-state index in [2.05, 4.69) is 26.6 Å². The minimum absolute atomic E-state index is 0.0609. The average Bonchev–Trinajstić information content (AvgIpc) is 3.32. The van der Waals surface area contributed by atoms with E-state index in [1.54, 1.807) is 36.4 Å². The van der Waals surface area contributed by atoms with E-state index in [-0.39, 0.29) is 41.9 Å². The molecule has 0 spiro atoms. The summed E-state index contributed by atoms with van der Waals surface area (Å²) in [5, 5.41) is 19.4. The zero-order valence-corrected chi connectivity index (χ0v) is 21.8. The van der Waals surface area contributed by atoms with Gasteiger partial charge in [-0.05, 0) is 24.1 Å². The second-order valence-corrected chi connectivity index (χ2v) is 8.29. The molecule has 1 atom stereocenters. The Balaban J connectivity index is 0.00000103. The summed E-state index contributed by atoms with van der Waals surface area (Å²) in [6, 6.07) is 11.4. The third kappa shape index (κ3) is 7.37. The Morgan fingerprint density at radius 1 is 1.25 bits per heavy atom. The Morgan fingerprint density at radius 2 is 1.90 bits per heavy atom. The fourth-order valence-corrected chi connectivity index (χ4v) is 3.68. The second kappa shape index (κ2) is 13.5. The molecule has 0 aliphatic rings. The van der Waals surface area contributed by atoms with Gasteiger partial charge in [0.1, 0.15) is 24.1 Å². The lowest BCUT2D eigenvalue weighted by Gasteiger charge is -2.19. The third-order valence-corrected chi connectivity index (χ3v) is 5.43. The van der Waals surface area contributed by atoms with Crippen molar-refractivity contribution in [2.75, 3.05) is 13.7 Å². The third-order valence-electron chi connectivity index (χ3n) is 5.43. The number of carbonyl (C=O) groups is 1. The number of methoxy groups -OCH3 is 1. The van der Waals surface area contributed by atoms with Crippen molar-refractivity contribution < 1.29 is 23.8 Å². The SMILES string of the molecule is C=CCOc1cc(C(Cc2ccc(C(=N)N)cc2)c2nn(-c3ncccn3)c(=O)[nH]2)c(F)cc1OC.CC(=O)O. The Bertz CT molecular complexity index is 1530. The summed E-state index contributed by atoms with van der Waals surface area (Å²) in [6.45, 7) is 4.92. The van der Waals surface area contributed by atoms with Crippen molar-refractivity contribution in [2.24, 2.45) is 5.73 Å². The lowest BCUT2D eigenvalue weighted by atomic mass is 9.90. The molecule has 12 nitrogen and oxygen atoms in total. The van der Waals surface area contributed by atoms with Crippen molar-refractivity contribution in [3.63, 3.8) is 0 Å². The maximum Gasteiger partial charge on any atom is 0.350 e. The van der Waals surface area contributed by atoms with E-state index in [9.17, 15) is 4.79 Å². The number of carboxylic acids is 1. The maximum atomic E-state index is 15.4. The van der Waals surface area contributed by atoms with Crippen LogP contribution in [0.15, 0.2) is 72.3 Å². The molecule has 1 unspecified atom stereocenters. The minimum Gasteiger partial charge on any atom is -0.493 e. The van der Waals surface area contributed by atoms with E-state index < -0.39 is 23.4 Å². The van der Waals surface area contributed by atoms with Gasteiger partial charge in [0.2, 0.25) is 0 Å². The molecule has 0 saturated heterocycles. The van der Waals surface area contributed by atoms with Gasteiger partial charge in [0.25, 0.3) is 11.9 Å². The van der Waals surface area contributed by atoms with Crippen LogP contribution < -0.4 is 20.9 Å². The highest BCUT2D eigenvalue weighted by atomic mass is 19.1. The van der Waals surface area contributed by atoms with Crippen LogP contribution in [0.4, 0.5) is 4.39 Å². The number of nitrogen functional groups attached to an aromatic ring is 1. The molecule has 2 aromatic heterocycles. The Labute approximate surface area is 228 Å². The summed E-state index contributed by atoms with van der Waals surface area (Å²) in [4.78, 5) is 32.6. The number of ether oxygens (including phenoxy) is 2. The summed E-state index contributed by atoms with van der Waals surface area (Å²) in [5.41, 5.74) is 6.60. The molecule has 0 amide bonds. The van der Waals surface area contributed by atoms with Gasteiger partial charge in [-0.1, -0.05) is 36.9 Å². The van der Waals surface area contributed by atoms with Crippen LogP contribution in [0.3, 0.4) is 0 Å². The van der Waals surface area contributed by atoms with Crippen LogP contribution in [0.25, 0.3) is 5.95 Å². The van der Waals surface area contributed by atoms with Gasteiger partial charge in [-0.25, -0.2) is 19.2 Å². The lowest BCUT2D eigenvalue weighted by molar-refractivity contribution is -0.134. The second-order valence-electron chi connectivity index (χ2n) is 8.29. The number of aromatic nitrogens is 5. The maximum absolute atomic E-state index is 15.4. The first-order valence-electron chi connectivity index (χ1n) is 11.8. The summed E-state index contributed by atoms with van der Waals surface area (Å²) < 4.78 is 27.4. The molecule has 0 aliphatic carbocycles. The van der Waals surface area contributed by atoms with Gasteiger partial charge >= 0.3 is 5.69 Å². The quantitative estimate of drug-likeness (QED) is 0.131. The summed E-state index contributed by atoms with van der Waals surface area (Å²) in [7, 11) is 1.42. The Morgan fingerprint density at radius 3 is 2.48 bits per heavy atom. The first-order valence-corrected chi connectivity index (χ1v) is 11.8. The van der Waals surface area contributed by atoms with E-state index >= 15 is 4.39 Å². The molecule has 0 fully saturated rings. The Kier molecular flexibility index (Phi) is 9.84. The van der Waals surface area contributed by atoms with Crippen molar-refractivity contribution in [1.29, 1.82) is 5.41 Å². The molecule has 0 radical (unpaired) electrons. The molecule has 208 valence electrons. The monoisotopic (exact) mass is 549 g/mol. The topological polar surface area (TPSA) is 182 Å². The number of rotatable bonds is 10. The number of carboxylic acid groups (broad SMARTS) is 1. The van der Waals surface area contributed by atoms with E-state index in [1.807, 2.05) is 0 Å². The highest BCUT2D eigenvalue weighted by Gasteiger charge is 2.26. The van der Waals surface area contributed by atoms with Crippen molar-refractivity contribution in [3.05, 3.63) is 106 Å². The highest BCUT2D eigenvalue weighted by Crippen LogP contribution is 2.36. The summed E-state index contributed by atoms with van der Waals surface area (Å²) in [6.07, 6.45) is 4.81. The number of benzene rings is 2. The van der Waals surface area contributed by atoms with E-state index in [0.717, 1.165) is 17.2 Å². The summed E-state index contributed by atoms with van der Waals surface area (Å²) >= 11 is 0. The van der Waals surface area contributed by atoms with Gasteiger partial charge in [0.15, 0.2) is 11.5 Å². The smallest absolute Gasteiger partial charge is 0.350 e. The molecule has 4 aromatic rings. The van der Waals surface area contributed by atoms with Crippen LogP contribution in [0.1, 0.15) is 35.4 Å². The zero-order valence-electron chi connectivity index (χ0n) is 21.8. The van der Waals surface area contributed by atoms with Crippen molar-refractivity contribution in [1.82, 2.24) is 24.7 Å². The molecular formula is C27H28FN7O5. The first-order chi connectivity index (χ1) is 19.1. The van der Waals surface area contributed by atoms with Gasteiger partial charge in [-0.2, -0.15) is 0 Å².